The molecule has 0 bridgehead atoms. The maximum Gasteiger partial charge on any atom is 0.325 e. The number of hydrogen-bond acceptors (Lipinski definition) is 4. The zero-order valence-electron chi connectivity index (χ0n) is 11.4. The number of amides is 4. The van der Waals surface area contributed by atoms with Crippen LogP contribution in [0.15, 0.2) is 0 Å². The number of rotatable bonds is 2. The van der Waals surface area contributed by atoms with Crippen molar-refractivity contribution in [2.75, 3.05) is 25.6 Å². The van der Waals surface area contributed by atoms with Gasteiger partial charge in [-0.15, -0.1) is 0 Å². The highest BCUT2D eigenvalue weighted by atomic mass is 32.2. The first-order valence-corrected chi connectivity index (χ1v) is 7.49. The van der Waals surface area contributed by atoms with E-state index < -0.39 is 17.6 Å². The van der Waals surface area contributed by atoms with Gasteiger partial charge in [0, 0.05) is 14.1 Å². The molecule has 2 heterocycles. The minimum atomic E-state index is -0.775. The Bertz CT molecular complexity index is 418. The van der Waals surface area contributed by atoms with Crippen LogP contribution in [0.1, 0.15) is 19.8 Å². The van der Waals surface area contributed by atoms with Crippen molar-refractivity contribution in [3.8, 4) is 0 Å². The van der Waals surface area contributed by atoms with Gasteiger partial charge in [0.05, 0.1) is 0 Å². The number of carbonyl (C=O) groups excluding carboxylic acids is 3. The fourth-order valence-corrected chi connectivity index (χ4v) is 3.73. The van der Waals surface area contributed by atoms with Crippen molar-refractivity contribution < 1.29 is 14.4 Å². The number of imide groups is 1. The summed E-state index contributed by atoms with van der Waals surface area (Å²) in [7, 11) is 3.23. The van der Waals surface area contributed by atoms with Gasteiger partial charge >= 0.3 is 6.03 Å². The van der Waals surface area contributed by atoms with Gasteiger partial charge in [0.25, 0.3) is 5.91 Å². The maximum absolute atomic E-state index is 12.5. The Morgan fingerprint density at radius 2 is 1.95 bits per heavy atom. The topological polar surface area (TPSA) is 69.7 Å². The third-order valence-corrected chi connectivity index (χ3v) is 4.71. The highest BCUT2D eigenvalue weighted by Gasteiger charge is 2.53. The summed E-state index contributed by atoms with van der Waals surface area (Å²) in [5.41, 5.74) is -0.775. The first kappa shape index (κ1) is 14.2. The summed E-state index contributed by atoms with van der Waals surface area (Å²) < 4.78 is 0. The normalized spacial score (nSPS) is 23.4. The summed E-state index contributed by atoms with van der Waals surface area (Å²) in [4.78, 5) is 39.0. The molecule has 1 spiro atoms. The van der Waals surface area contributed by atoms with E-state index in [1.165, 1.54) is 4.90 Å². The number of urea groups is 1. The van der Waals surface area contributed by atoms with E-state index in [1.54, 1.807) is 32.8 Å². The van der Waals surface area contributed by atoms with Gasteiger partial charge < -0.3 is 10.2 Å². The zero-order chi connectivity index (χ0) is 14.2. The van der Waals surface area contributed by atoms with Crippen molar-refractivity contribution in [2.45, 2.75) is 31.3 Å². The molecule has 0 unspecified atom stereocenters. The number of hydrogen-bond donors (Lipinski definition) is 1. The Morgan fingerprint density at radius 1 is 1.37 bits per heavy atom. The van der Waals surface area contributed by atoms with Gasteiger partial charge in [0.15, 0.2) is 0 Å². The van der Waals surface area contributed by atoms with Crippen molar-refractivity contribution in [1.29, 1.82) is 0 Å². The molecule has 0 aromatic carbocycles. The van der Waals surface area contributed by atoms with E-state index in [0.717, 1.165) is 16.4 Å². The Kier molecular flexibility index (Phi) is 3.75. The molecule has 0 aliphatic carbocycles. The summed E-state index contributed by atoms with van der Waals surface area (Å²) in [6, 6.07) is -1.20. The standard InChI is InChI=1S/C12H19N3O3S/c1-8(9(16)14(2)3)15-10(17)12(13-11(15)18)4-6-19-7-5-12/h8H,4-7H2,1-3H3,(H,13,18)/t8-/m0/s1. The smallest absolute Gasteiger partial charge is 0.325 e. The molecule has 0 radical (unpaired) electrons. The monoisotopic (exact) mass is 285 g/mol. The highest BCUT2D eigenvalue weighted by Crippen LogP contribution is 2.33. The second-order valence-electron chi connectivity index (χ2n) is 5.21. The van der Waals surface area contributed by atoms with E-state index in [1.807, 2.05) is 0 Å². The van der Waals surface area contributed by atoms with Gasteiger partial charge in [-0.3, -0.25) is 9.59 Å². The largest absolute Gasteiger partial charge is 0.347 e. The zero-order valence-corrected chi connectivity index (χ0v) is 12.2. The number of thioether (sulfide) groups is 1. The Morgan fingerprint density at radius 3 is 2.47 bits per heavy atom. The van der Waals surface area contributed by atoms with Gasteiger partial charge in [0.1, 0.15) is 11.6 Å². The average molecular weight is 285 g/mol. The molecule has 2 aliphatic heterocycles. The highest BCUT2D eigenvalue weighted by molar-refractivity contribution is 7.99. The first-order chi connectivity index (χ1) is 8.89. The average Bonchev–Trinajstić information content (AvgIpc) is 2.60. The Balaban J connectivity index is 2.21. The lowest BCUT2D eigenvalue weighted by Crippen LogP contribution is -2.51. The first-order valence-electron chi connectivity index (χ1n) is 6.34. The van der Waals surface area contributed by atoms with Crippen LogP contribution in [0.5, 0.6) is 0 Å². The molecule has 0 aromatic rings. The molecular weight excluding hydrogens is 266 g/mol. The van der Waals surface area contributed by atoms with Crippen LogP contribution in [0.3, 0.4) is 0 Å². The van der Waals surface area contributed by atoms with E-state index in [4.69, 9.17) is 0 Å². The molecular formula is C12H19N3O3S. The quantitative estimate of drug-likeness (QED) is 0.740. The van der Waals surface area contributed by atoms with Crippen LogP contribution in [-0.4, -0.2) is 64.8 Å². The third kappa shape index (κ3) is 2.31. The summed E-state index contributed by atoms with van der Waals surface area (Å²) >= 11 is 1.78. The summed E-state index contributed by atoms with van der Waals surface area (Å²) in [5, 5.41) is 2.80. The van der Waals surface area contributed by atoms with Crippen LogP contribution in [-0.2, 0) is 9.59 Å². The number of nitrogens with one attached hydrogen (secondary N) is 1. The van der Waals surface area contributed by atoms with Crippen LogP contribution >= 0.6 is 11.8 Å². The molecule has 1 atom stereocenters. The van der Waals surface area contributed by atoms with Crippen molar-refractivity contribution in [2.24, 2.45) is 0 Å². The van der Waals surface area contributed by atoms with Crippen molar-refractivity contribution in [3.05, 3.63) is 0 Å². The van der Waals surface area contributed by atoms with Crippen LogP contribution < -0.4 is 5.32 Å². The number of likely N-dealkylation sites (N-methyl/N-ethyl adjacent to an activating group) is 1. The molecule has 2 rings (SSSR count). The lowest BCUT2D eigenvalue weighted by Gasteiger charge is -2.31. The fourth-order valence-electron chi connectivity index (χ4n) is 2.54. The second-order valence-corrected chi connectivity index (χ2v) is 6.43. The Hall–Kier alpha value is -1.24. The molecule has 106 valence electrons. The van der Waals surface area contributed by atoms with Gasteiger partial charge in [-0.05, 0) is 31.3 Å². The van der Waals surface area contributed by atoms with Crippen molar-refractivity contribution in [3.63, 3.8) is 0 Å². The van der Waals surface area contributed by atoms with E-state index in [9.17, 15) is 14.4 Å². The molecule has 0 saturated carbocycles. The third-order valence-electron chi connectivity index (χ3n) is 3.73. The second kappa shape index (κ2) is 5.03. The predicted octanol–water partition coefficient (Wildman–Crippen LogP) is 0.281. The maximum atomic E-state index is 12.5. The van der Waals surface area contributed by atoms with E-state index in [0.29, 0.717) is 12.8 Å². The lowest BCUT2D eigenvalue weighted by atomic mass is 9.92. The van der Waals surface area contributed by atoms with Crippen LogP contribution in [0.4, 0.5) is 4.79 Å². The molecule has 0 aromatic heterocycles. The molecule has 6 nitrogen and oxygen atoms in total. The SMILES string of the molecule is C[C@@H](C(=O)N(C)C)N1C(=O)NC2(CCSCC2)C1=O. The van der Waals surface area contributed by atoms with Crippen molar-refractivity contribution >= 4 is 29.6 Å². The van der Waals surface area contributed by atoms with Crippen molar-refractivity contribution in [1.82, 2.24) is 15.1 Å². The van der Waals surface area contributed by atoms with Gasteiger partial charge in [-0.25, -0.2) is 9.69 Å². The van der Waals surface area contributed by atoms with E-state index in [-0.39, 0.29) is 11.8 Å². The minimum Gasteiger partial charge on any atom is -0.347 e. The van der Waals surface area contributed by atoms with Gasteiger partial charge in [-0.2, -0.15) is 11.8 Å². The molecule has 2 saturated heterocycles. The molecule has 4 amide bonds. The van der Waals surface area contributed by atoms with Gasteiger partial charge in [-0.1, -0.05) is 0 Å². The summed E-state index contributed by atoms with van der Waals surface area (Å²) in [6.07, 6.45) is 1.28. The van der Waals surface area contributed by atoms with E-state index in [2.05, 4.69) is 5.32 Å². The summed E-state index contributed by atoms with van der Waals surface area (Å²) in [6.45, 7) is 1.59. The number of carbonyl (C=O) groups is 3. The number of nitrogens with zero attached hydrogens (tertiary/aromatic N) is 2. The molecule has 1 N–H and O–H groups in total. The summed E-state index contributed by atoms with van der Waals surface area (Å²) in [5.74, 6) is 1.22. The molecule has 2 fully saturated rings. The minimum absolute atomic E-state index is 0.245. The molecule has 19 heavy (non-hydrogen) atoms. The predicted molar refractivity (Wildman–Crippen MR) is 72.8 cm³/mol. The molecule has 7 heteroatoms. The van der Waals surface area contributed by atoms with Gasteiger partial charge in [0.2, 0.25) is 5.91 Å². The lowest BCUT2D eigenvalue weighted by molar-refractivity contribution is -0.141. The van der Waals surface area contributed by atoms with E-state index >= 15 is 0 Å². The molecule has 2 aliphatic rings. The van der Waals surface area contributed by atoms with Crippen LogP contribution in [0.2, 0.25) is 0 Å². The van der Waals surface area contributed by atoms with Crippen LogP contribution in [0, 0.1) is 0 Å². The fraction of sp³-hybridized carbons (Fsp3) is 0.750. The Labute approximate surface area is 116 Å². The van der Waals surface area contributed by atoms with Crippen LogP contribution in [0.25, 0.3) is 0 Å².